The molecule has 1 heterocycles. The number of aliphatic hydroxyl groups is 1. The number of hydrogen-bond donors (Lipinski definition) is 3. The first-order chi connectivity index (χ1) is 8.75. The van der Waals surface area contributed by atoms with E-state index in [0.717, 1.165) is 12.1 Å². The third-order valence-corrected chi connectivity index (χ3v) is 2.96. The highest BCUT2D eigenvalue weighted by Gasteiger charge is 2.24. The molecule has 0 aliphatic carbocycles. The Labute approximate surface area is 118 Å². The number of ether oxygens (including phenoxy) is 1. The molecule has 0 saturated carbocycles. The van der Waals surface area contributed by atoms with Gasteiger partial charge < -0.3 is 20.5 Å². The Morgan fingerprint density at radius 2 is 2.16 bits per heavy atom. The summed E-state index contributed by atoms with van der Waals surface area (Å²) in [7, 11) is 0. The lowest BCUT2D eigenvalue weighted by Gasteiger charge is -2.28. The van der Waals surface area contributed by atoms with Crippen molar-refractivity contribution in [2.45, 2.75) is 25.2 Å². The van der Waals surface area contributed by atoms with Crippen molar-refractivity contribution in [2.75, 3.05) is 13.1 Å². The molecule has 19 heavy (non-hydrogen) atoms. The molecule has 1 saturated heterocycles. The number of halogens is 1. The van der Waals surface area contributed by atoms with Crippen molar-refractivity contribution in [1.29, 1.82) is 0 Å². The van der Waals surface area contributed by atoms with Crippen molar-refractivity contribution in [3.63, 3.8) is 0 Å². The van der Waals surface area contributed by atoms with E-state index in [1.54, 1.807) is 0 Å². The smallest absolute Gasteiger partial charge is 0.407 e. The molecule has 1 aromatic rings. The first-order valence-electron chi connectivity index (χ1n) is 6.11. The number of amides is 1. The van der Waals surface area contributed by atoms with Crippen LogP contribution in [-0.4, -0.2) is 36.4 Å². The lowest BCUT2D eigenvalue weighted by atomic mass is 10.0. The van der Waals surface area contributed by atoms with Crippen molar-refractivity contribution in [3.05, 3.63) is 35.9 Å². The summed E-state index contributed by atoms with van der Waals surface area (Å²) in [5, 5.41) is 15.5. The lowest BCUT2D eigenvalue weighted by molar-refractivity contribution is 0.0843. The summed E-state index contributed by atoms with van der Waals surface area (Å²) in [6.45, 7) is 1.59. The summed E-state index contributed by atoms with van der Waals surface area (Å²) in [6.07, 6.45) is -0.356. The Morgan fingerprint density at radius 3 is 2.84 bits per heavy atom. The summed E-state index contributed by atoms with van der Waals surface area (Å²) in [5.41, 5.74) is 0.940. The van der Waals surface area contributed by atoms with Gasteiger partial charge in [-0.1, -0.05) is 30.3 Å². The fourth-order valence-electron chi connectivity index (χ4n) is 1.91. The molecule has 1 fully saturated rings. The minimum atomic E-state index is -0.504. The number of hydrogen-bond acceptors (Lipinski definition) is 4. The van der Waals surface area contributed by atoms with Gasteiger partial charge in [0.1, 0.15) is 6.61 Å². The monoisotopic (exact) mass is 286 g/mol. The zero-order chi connectivity index (χ0) is 12.8. The zero-order valence-corrected chi connectivity index (χ0v) is 11.4. The molecule has 1 aliphatic rings. The first kappa shape index (κ1) is 15.8. The third kappa shape index (κ3) is 5.06. The average Bonchev–Trinajstić information content (AvgIpc) is 2.40. The predicted octanol–water partition coefficient (Wildman–Crippen LogP) is 1.06. The van der Waals surface area contributed by atoms with Crippen LogP contribution in [0.15, 0.2) is 30.3 Å². The number of alkyl carbamates (subject to hydrolysis) is 1. The summed E-state index contributed by atoms with van der Waals surface area (Å²) in [6, 6.07) is 9.21. The molecule has 0 radical (unpaired) electrons. The fourth-order valence-corrected chi connectivity index (χ4v) is 1.91. The van der Waals surface area contributed by atoms with Crippen LogP contribution >= 0.6 is 12.4 Å². The Kier molecular flexibility index (Phi) is 6.62. The highest BCUT2D eigenvalue weighted by Crippen LogP contribution is 2.04. The normalized spacial score (nSPS) is 22.2. The van der Waals surface area contributed by atoms with E-state index in [1.165, 1.54) is 0 Å². The average molecular weight is 287 g/mol. The molecule has 1 amide bonds. The van der Waals surface area contributed by atoms with Crippen LogP contribution in [0.3, 0.4) is 0 Å². The fraction of sp³-hybridized carbons (Fsp3) is 0.462. The molecule has 0 bridgehead atoms. The van der Waals surface area contributed by atoms with Crippen LogP contribution in [-0.2, 0) is 11.3 Å². The van der Waals surface area contributed by atoms with Crippen molar-refractivity contribution in [3.8, 4) is 0 Å². The molecule has 5 nitrogen and oxygen atoms in total. The maximum absolute atomic E-state index is 11.6. The highest BCUT2D eigenvalue weighted by atomic mass is 35.5. The Balaban J connectivity index is 0.00000180. The molecule has 0 spiro atoms. The van der Waals surface area contributed by atoms with Gasteiger partial charge in [0.05, 0.1) is 12.1 Å². The number of piperidine rings is 1. The molecule has 2 rings (SSSR count). The number of carbonyl (C=O) groups is 1. The zero-order valence-electron chi connectivity index (χ0n) is 10.5. The molecule has 0 aromatic heterocycles. The molecule has 6 heteroatoms. The van der Waals surface area contributed by atoms with E-state index in [-0.39, 0.29) is 25.1 Å². The van der Waals surface area contributed by atoms with E-state index in [2.05, 4.69) is 10.6 Å². The van der Waals surface area contributed by atoms with Crippen LogP contribution in [0, 0.1) is 0 Å². The van der Waals surface area contributed by atoms with E-state index in [9.17, 15) is 9.90 Å². The standard InChI is InChI=1S/C13H18N2O3.ClH/c16-12-6-7-14-8-11(12)15-13(17)18-9-10-4-2-1-3-5-10;/h1-5,11-12,14,16H,6-9H2,(H,15,17);1H/t11-,12-;/m1./s1. The van der Waals surface area contributed by atoms with Crippen molar-refractivity contribution in [2.24, 2.45) is 0 Å². The maximum atomic E-state index is 11.6. The molecule has 2 atom stereocenters. The second kappa shape index (κ2) is 7.99. The molecule has 106 valence electrons. The topological polar surface area (TPSA) is 70.6 Å². The van der Waals surface area contributed by atoms with Gasteiger partial charge in [0.25, 0.3) is 0 Å². The van der Waals surface area contributed by atoms with Crippen molar-refractivity contribution < 1.29 is 14.6 Å². The van der Waals surface area contributed by atoms with Crippen LogP contribution in [0.1, 0.15) is 12.0 Å². The summed E-state index contributed by atoms with van der Waals surface area (Å²) >= 11 is 0. The third-order valence-electron chi connectivity index (χ3n) is 2.96. The summed E-state index contributed by atoms with van der Waals surface area (Å²) in [5.74, 6) is 0. The molecule has 3 N–H and O–H groups in total. The quantitative estimate of drug-likeness (QED) is 0.777. The van der Waals surface area contributed by atoms with Crippen LogP contribution in [0.25, 0.3) is 0 Å². The van der Waals surface area contributed by atoms with Crippen LogP contribution < -0.4 is 10.6 Å². The highest BCUT2D eigenvalue weighted by molar-refractivity contribution is 5.85. The Morgan fingerprint density at radius 1 is 1.42 bits per heavy atom. The minimum absolute atomic E-state index is 0. The van der Waals surface area contributed by atoms with Crippen molar-refractivity contribution in [1.82, 2.24) is 10.6 Å². The number of rotatable bonds is 3. The SMILES string of the molecule is Cl.O=C(N[C@@H]1CNCC[C@H]1O)OCc1ccccc1. The number of benzene rings is 1. The molecule has 1 aliphatic heterocycles. The van der Waals surface area contributed by atoms with Gasteiger partial charge in [-0.15, -0.1) is 12.4 Å². The summed E-state index contributed by atoms with van der Waals surface area (Å²) < 4.78 is 5.09. The van der Waals surface area contributed by atoms with Gasteiger partial charge in [0.2, 0.25) is 0 Å². The number of nitrogens with one attached hydrogen (secondary N) is 2. The van der Waals surface area contributed by atoms with Crippen LogP contribution in [0.5, 0.6) is 0 Å². The molecular formula is C13H19ClN2O3. The second-order valence-electron chi connectivity index (χ2n) is 4.37. The van der Waals surface area contributed by atoms with Gasteiger partial charge in [-0.3, -0.25) is 0 Å². The summed E-state index contributed by atoms with van der Waals surface area (Å²) in [4.78, 5) is 11.6. The second-order valence-corrected chi connectivity index (χ2v) is 4.37. The number of aliphatic hydroxyl groups excluding tert-OH is 1. The van der Waals surface area contributed by atoms with Gasteiger partial charge in [-0.25, -0.2) is 4.79 Å². The van der Waals surface area contributed by atoms with Crippen LogP contribution in [0.2, 0.25) is 0 Å². The predicted molar refractivity (Wildman–Crippen MR) is 74.3 cm³/mol. The van der Waals surface area contributed by atoms with E-state index in [1.807, 2.05) is 30.3 Å². The van der Waals surface area contributed by atoms with Gasteiger partial charge >= 0.3 is 6.09 Å². The lowest BCUT2D eigenvalue weighted by Crippen LogP contribution is -2.53. The van der Waals surface area contributed by atoms with Crippen molar-refractivity contribution >= 4 is 18.5 Å². The molecular weight excluding hydrogens is 268 g/mol. The van der Waals surface area contributed by atoms with Gasteiger partial charge in [0, 0.05) is 6.54 Å². The Bertz CT molecular complexity index is 389. The van der Waals surface area contributed by atoms with Crippen LogP contribution in [0.4, 0.5) is 4.79 Å². The Hall–Kier alpha value is -1.30. The van der Waals surface area contributed by atoms with E-state index in [0.29, 0.717) is 13.0 Å². The molecule has 1 aromatic carbocycles. The van der Waals surface area contributed by atoms with E-state index < -0.39 is 12.2 Å². The van der Waals surface area contributed by atoms with Gasteiger partial charge in [-0.05, 0) is 18.5 Å². The number of carbonyl (C=O) groups excluding carboxylic acids is 1. The largest absolute Gasteiger partial charge is 0.445 e. The van der Waals surface area contributed by atoms with Gasteiger partial charge in [0.15, 0.2) is 0 Å². The maximum Gasteiger partial charge on any atom is 0.407 e. The van der Waals surface area contributed by atoms with E-state index >= 15 is 0 Å². The first-order valence-corrected chi connectivity index (χ1v) is 6.11. The van der Waals surface area contributed by atoms with Gasteiger partial charge in [-0.2, -0.15) is 0 Å². The van der Waals surface area contributed by atoms with E-state index in [4.69, 9.17) is 4.74 Å². The molecule has 0 unspecified atom stereocenters. The minimum Gasteiger partial charge on any atom is -0.445 e.